The van der Waals surface area contributed by atoms with Gasteiger partial charge in [-0.25, -0.2) is 0 Å². The highest BCUT2D eigenvalue weighted by Crippen LogP contribution is 2.20. The highest BCUT2D eigenvalue weighted by atomic mass is 16.5. The van der Waals surface area contributed by atoms with Crippen molar-refractivity contribution in [3.63, 3.8) is 0 Å². The fourth-order valence-corrected chi connectivity index (χ4v) is 3.33. The molecule has 160 valence electrons. The molecule has 1 aromatic rings. The Hall–Kier alpha value is -1.55. The van der Waals surface area contributed by atoms with E-state index in [-0.39, 0.29) is 5.91 Å². The molecule has 1 rings (SSSR count). The lowest BCUT2D eigenvalue weighted by Gasteiger charge is -2.19. The Kier molecular flexibility index (Phi) is 14.4. The minimum atomic E-state index is 0.134. The summed E-state index contributed by atoms with van der Waals surface area (Å²) in [6.45, 7) is 4.15. The number of amides is 1. The monoisotopic (exact) mass is 390 g/mol. The number of hydrogen-bond donors (Lipinski definition) is 1. The molecule has 1 aromatic carbocycles. The van der Waals surface area contributed by atoms with E-state index in [1.165, 1.54) is 57.8 Å². The molecule has 0 atom stereocenters. The second-order valence-electron chi connectivity index (χ2n) is 7.78. The van der Waals surface area contributed by atoms with Crippen molar-refractivity contribution in [2.24, 2.45) is 5.73 Å². The molecular formula is C24H42N2O2. The van der Waals surface area contributed by atoms with Gasteiger partial charge in [0.15, 0.2) is 0 Å². The number of benzene rings is 1. The average molecular weight is 391 g/mol. The molecule has 0 radical (unpaired) electrons. The summed E-state index contributed by atoms with van der Waals surface area (Å²) < 4.78 is 6.01. The van der Waals surface area contributed by atoms with Gasteiger partial charge < -0.3 is 15.4 Å². The standard InChI is InChI=1S/C24H42N2O2/c1-3-4-5-6-7-8-9-10-11-14-20-28-23-17-13-12-16-22(23)21-26(2)24(27)18-15-19-25/h12-13,16-17H,3-11,14-15,18-21,25H2,1-2H3. The van der Waals surface area contributed by atoms with Crippen molar-refractivity contribution in [2.75, 3.05) is 20.2 Å². The Balaban J connectivity index is 2.20. The van der Waals surface area contributed by atoms with Gasteiger partial charge in [-0.15, -0.1) is 0 Å². The summed E-state index contributed by atoms with van der Waals surface area (Å²) >= 11 is 0. The maximum atomic E-state index is 12.1. The smallest absolute Gasteiger partial charge is 0.222 e. The van der Waals surface area contributed by atoms with Crippen molar-refractivity contribution in [3.05, 3.63) is 29.8 Å². The zero-order valence-corrected chi connectivity index (χ0v) is 18.3. The maximum absolute atomic E-state index is 12.1. The molecule has 0 aliphatic carbocycles. The van der Waals surface area contributed by atoms with E-state index >= 15 is 0 Å². The Morgan fingerprint density at radius 2 is 1.54 bits per heavy atom. The molecule has 4 heteroatoms. The molecular weight excluding hydrogens is 348 g/mol. The molecule has 0 aliphatic rings. The lowest BCUT2D eigenvalue weighted by molar-refractivity contribution is -0.130. The molecule has 4 nitrogen and oxygen atoms in total. The predicted molar refractivity (Wildman–Crippen MR) is 119 cm³/mol. The first-order chi connectivity index (χ1) is 13.7. The number of nitrogens with two attached hydrogens (primary N) is 1. The number of carbonyl (C=O) groups excluding carboxylic acids is 1. The average Bonchev–Trinajstić information content (AvgIpc) is 2.71. The predicted octanol–water partition coefficient (Wildman–Crippen LogP) is 5.68. The number of para-hydroxylation sites is 1. The SMILES string of the molecule is CCCCCCCCCCCCOc1ccccc1CN(C)C(=O)CCCN. The van der Waals surface area contributed by atoms with Crippen LogP contribution in [-0.4, -0.2) is 31.0 Å². The zero-order chi connectivity index (χ0) is 20.5. The number of rotatable bonds is 17. The van der Waals surface area contributed by atoms with E-state index in [0.717, 1.165) is 30.8 Å². The van der Waals surface area contributed by atoms with Gasteiger partial charge in [0.25, 0.3) is 0 Å². The van der Waals surface area contributed by atoms with Gasteiger partial charge in [0.1, 0.15) is 5.75 Å². The van der Waals surface area contributed by atoms with E-state index in [2.05, 4.69) is 6.92 Å². The highest BCUT2D eigenvalue weighted by Gasteiger charge is 2.11. The number of hydrogen-bond acceptors (Lipinski definition) is 3. The quantitative estimate of drug-likeness (QED) is 0.348. The number of unbranched alkanes of at least 4 members (excludes halogenated alkanes) is 9. The summed E-state index contributed by atoms with van der Waals surface area (Å²) in [4.78, 5) is 13.9. The van der Waals surface area contributed by atoms with Crippen LogP contribution in [-0.2, 0) is 11.3 Å². The minimum absolute atomic E-state index is 0.134. The molecule has 2 N–H and O–H groups in total. The summed E-state index contributed by atoms with van der Waals surface area (Å²) in [7, 11) is 1.85. The molecule has 0 aliphatic heterocycles. The Morgan fingerprint density at radius 3 is 2.18 bits per heavy atom. The first kappa shape index (κ1) is 24.5. The molecule has 0 saturated heterocycles. The third kappa shape index (κ3) is 11.3. The van der Waals surface area contributed by atoms with E-state index < -0.39 is 0 Å². The Bertz CT molecular complexity index is 519. The topological polar surface area (TPSA) is 55.6 Å². The summed E-state index contributed by atoms with van der Waals surface area (Å²) in [6, 6.07) is 8.04. The number of carbonyl (C=O) groups is 1. The van der Waals surface area contributed by atoms with E-state index in [4.69, 9.17) is 10.5 Å². The van der Waals surface area contributed by atoms with Gasteiger partial charge in [-0.05, 0) is 25.5 Å². The Labute approximate surface area is 172 Å². The van der Waals surface area contributed by atoms with Gasteiger partial charge in [0.05, 0.1) is 6.61 Å². The van der Waals surface area contributed by atoms with Crippen molar-refractivity contribution in [3.8, 4) is 5.75 Å². The van der Waals surface area contributed by atoms with Crippen LogP contribution in [0.25, 0.3) is 0 Å². The van der Waals surface area contributed by atoms with Crippen LogP contribution in [0.15, 0.2) is 24.3 Å². The summed E-state index contributed by atoms with van der Waals surface area (Å²) in [5, 5.41) is 0. The molecule has 1 amide bonds. The Morgan fingerprint density at radius 1 is 0.929 bits per heavy atom. The molecule has 0 spiro atoms. The summed E-state index contributed by atoms with van der Waals surface area (Å²) in [5.74, 6) is 1.03. The van der Waals surface area contributed by atoms with Crippen molar-refractivity contribution < 1.29 is 9.53 Å². The first-order valence-electron chi connectivity index (χ1n) is 11.3. The van der Waals surface area contributed by atoms with Gasteiger partial charge in [-0.1, -0.05) is 82.9 Å². The van der Waals surface area contributed by atoms with Crippen LogP contribution < -0.4 is 10.5 Å². The van der Waals surface area contributed by atoms with E-state index in [9.17, 15) is 4.79 Å². The van der Waals surface area contributed by atoms with Crippen molar-refractivity contribution in [1.82, 2.24) is 4.90 Å². The van der Waals surface area contributed by atoms with Crippen LogP contribution in [0, 0.1) is 0 Å². The molecule has 0 fully saturated rings. The molecule has 0 saturated carbocycles. The second-order valence-corrected chi connectivity index (χ2v) is 7.78. The second kappa shape index (κ2) is 16.4. The van der Waals surface area contributed by atoms with Crippen LogP contribution >= 0.6 is 0 Å². The lowest BCUT2D eigenvalue weighted by Crippen LogP contribution is -2.26. The molecule has 0 heterocycles. The molecule has 0 unspecified atom stereocenters. The highest BCUT2D eigenvalue weighted by molar-refractivity contribution is 5.75. The van der Waals surface area contributed by atoms with Crippen LogP contribution in [0.4, 0.5) is 0 Å². The van der Waals surface area contributed by atoms with Gasteiger partial charge in [0, 0.05) is 25.6 Å². The van der Waals surface area contributed by atoms with Crippen LogP contribution in [0.5, 0.6) is 5.75 Å². The largest absolute Gasteiger partial charge is 0.493 e. The van der Waals surface area contributed by atoms with Crippen LogP contribution in [0.1, 0.15) is 89.5 Å². The van der Waals surface area contributed by atoms with E-state index in [1.54, 1.807) is 4.90 Å². The van der Waals surface area contributed by atoms with E-state index in [0.29, 0.717) is 19.5 Å². The molecule has 0 aromatic heterocycles. The number of nitrogens with zero attached hydrogens (tertiary/aromatic N) is 1. The van der Waals surface area contributed by atoms with Gasteiger partial charge in [-0.2, -0.15) is 0 Å². The zero-order valence-electron chi connectivity index (χ0n) is 18.3. The normalized spacial score (nSPS) is 10.8. The summed E-state index contributed by atoms with van der Waals surface area (Å²) in [6.07, 6.45) is 14.5. The van der Waals surface area contributed by atoms with Crippen molar-refractivity contribution in [2.45, 2.75) is 90.5 Å². The van der Waals surface area contributed by atoms with Gasteiger partial charge >= 0.3 is 0 Å². The summed E-state index contributed by atoms with van der Waals surface area (Å²) in [5.41, 5.74) is 6.56. The van der Waals surface area contributed by atoms with Crippen LogP contribution in [0.2, 0.25) is 0 Å². The minimum Gasteiger partial charge on any atom is -0.493 e. The van der Waals surface area contributed by atoms with Gasteiger partial charge in [-0.3, -0.25) is 4.79 Å². The lowest BCUT2D eigenvalue weighted by atomic mass is 10.1. The van der Waals surface area contributed by atoms with Crippen LogP contribution in [0.3, 0.4) is 0 Å². The molecule has 28 heavy (non-hydrogen) atoms. The first-order valence-corrected chi connectivity index (χ1v) is 11.3. The maximum Gasteiger partial charge on any atom is 0.222 e. The fourth-order valence-electron chi connectivity index (χ4n) is 3.33. The third-order valence-electron chi connectivity index (χ3n) is 5.16. The fraction of sp³-hybridized carbons (Fsp3) is 0.708. The van der Waals surface area contributed by atoms with Gasteiger partial charge in [0.2, 0.25) is 5.91 Å². The number of ether oxygens (including phenoxy) is 1. The molecule has 0 bridgehead atoms. The van der Waals surface area contributed by atoms with E-state index in [1.807, 2.05) is 31.3 Å². The van der Waals surface area contributed by atoms with Crippen molar-refractivity contribution >= 4 is 5.91 Å². The van der Waals surface area contributed by atoms with Crippen molar-refractivity contribution in [1.29, 1.82) is 0 Å². The third-order valence-corrected chi connectivity index (χ3v) is 5.16.